The van der Waals surface area contributed by atoms with Gasteiger partial charge < -0.3 is 5.32 Å². The van der Waals surface area contributed by atoms with Crippen LogP contribution in [-0.4, -0.2) is 23.9 Å². The number of rotatable bonds is 5. The number of aryl methyl sites for hydroxylation is 2. The van der Waals surface area contributed by atoms with Crippen LogP contribution >= 0.6 is 0 Å². The van der Waals surface area contributed by atoms with E-state index in [9.17, 15) is 9.59 Å². The molecule has 1 N–H and O–H groups in total. The Bertz CT molecular complexity index is 609. The average molecular weight is 316 g/mol. The Kier molecular flexibility index (Phi) is 5.12. The summed E-state index contributed by atoms with van der Waals surface area (Å²) >= 11 is 0. The maximum Gasteiger partial charge on any atom is 0.246 e. The van der Waals surface area contributed by atoms with Crippen molar-refractivity contribution in [1.29, 1.82) is 0 Å². The van der Waals surface area contributed by atoms with E-state index in [1.807, 2.05) is 39.0 Å². The van der Waals surface area contributed by atoms with Gasteiger partial charge in [-0.05, 0) is 62.8 Å². The lowest BCUT2D eigenvalue weighted by atomic mass is 9.96. The summed E-state index contributed by atoms with van der Waals surface area (Å²) in [6, 6.07) is 5.94. The van der Waals surface area contributed by atoms with Crippen molar-refractivity contribution in [1.82, 2.24) is 5.32 Å². The molecule has 126 valence electrons. The number of hydrogen-bond donors (Lipinski definition) is 1. The van der Waals surface area contributed by atoms with E-state index >= 15 is 0 Å². The molecule has 0 spiro atoms. The van der Waals surface area contributed by atoms with Crippen LogP contribution in [0, 0.1) is 19.8 Å². The van der Waals surface area contributed by atoms with Crippen molar-refractivity contribution >= 4 is 17.5 Å². The van der Waals surface area contributed by atoms with Gasteiger partial charge in [-0.25, -0.2) is 0 Å². The molecule has 1 aliphatic heterocycles. The van der Waals surface area contributed by atoms with E-state index in [0.29, 0.717) is 25.3 Å². The summed E-state index contributed by atoms with van der Waals surface area (Å²) in [5.74, 6) is 0.515. The first-order chi connectivity index (χ1) is 10.8. The second kappa shape index (κ2) is 6.73. The van der Waals surface area contributed by atoms with Crippen molar-refractivity contribution in [3.63, 3.8) is 0 Å². The smallest absolute Gasteiger partial charge is 0.246 e. The Morgan fingerprint density at radius 2 is 2.00 bits per heavy atom. The Morgan fingerprint density at radius 1 is 1.30 bits per heavy atom. The van der Waals surface area contributed by atoms with Crippen molar-refractivity contribution in [3.05, 3.63) is 29.3 Å². The number of anilines is 1. The summed E-state index contributed by atoms with van der Waals surface area (Å²) in [6.07, 6.45) is 1.92. The fraction of sp³-hybridized carbons (Fsp3) is 0.579. The molecule has 2 rings (SSSR count). The van der Waals surface area contributed by atoms with Gasteiger partial charge in [0.05, 0.1) is 0 Å². The lowest BCUT2D eigenvalue weighted by Crippen LogP contribution is -2.55. The van der Waals surface area contributed by atoms with Crippen LogP contribution in [0.2, 0.25) is 0 Å². The van der Waals surface area contributed by atoms with Crippen LogP contribution in [0.3, 0.4) is 0 Å². The Labute approximate surface area is 139 Å². The van der Waals surface area contributed by atoms with Gasteiger partial charge in [-0.15, -0.1) is 0 Å². The fourth-order valence-corrected chi connectivity index (χ4v) is 3.02. The molecule has 1 atom stereocenters. The van der Waals surface area contributed by atoms with Gasteiger partial charge in [0.2, 0.25) is 11.8 Å². The van der Waals surface area contributed by atoms with E-state index in [1.165, 1.54) is 5.56 Å². The van der Waals surface area contributed by atoms with Crippen molar-refractivity contribution in [2.45, 2.75) is 59.4 Å². The quantitative estimate of drug-likeness (QED) is 0.905. The third-order valence-electron chi connectivity index (χ3n) is 4.81. The normalized spacial score (nSPS) is 21.1. The minimum atomic E-state index is -0.796. The Balaban J connectivity index is 2.23. The number of nitrogens with zero attached hydrogens (tertiary/aromatic N) is 1. The van der Waals surface area contributed by atoms with E-state index in [2.05, 4.69) is 19.2 Å². The Morgan fingerprint density at radius 3 is 2.61 bits per heavy atom. The van der Waals surface area contributed by atoms with E-state index in [-0.39, 0.29) is 11.8 Å². The first-order valence-corrected chi connectivity index (χ1v) is 8.44. The summed E-state index contributed by atoms with van der Waals surface area (Å²) in [5, 5.41) is 3.01. The molecule has 0 aromatic heterocycles. The number of carbonyl (C=O) groups is 2. The average Bonchev–Trinajstić information content (AvgIpc) is 2.78. The molecular weight excluding hydrogens is 288 g/mol. The van der Waals surface area contributed by atoms with E-state index in [0.717, 1.165) is 17.7 Å². The highest BCUT2D eigenvalue weighted by Crippen LogP contribution is 2.36. The minimum absolute atomic E-state index is 0.0229. The predicted molar refractivity (Wildman–Crippen MR) is 93.5 cm³/mol. The molecule has 1 unspecified atom stereocenters. The van der Waals surface area contributed by atoms with Crippen LogP contribution in [0.25, 0.3) is 0 Å². The summed E-state index contributed by atoms with van der Waals surface area (Å²) in [4.78, 5) is 26.8. The lowest BCUT2D eigenvalue weighted by Gasteiger charge is -2.34. The van der Waals surface area contributed by atoms with Crippen LogP contribution in [0.5, 0.6) is 0 Å². The molecule has 0 bridgehead atoms. The lowest BCUT2D eigenvalue weighted by molar-refractivity contribution is -0.127. The number of hydrogen-bond acceptors (Lipinski definition) is 2. The number of carbonyl (C=O) groups excluding carboxylic acids is 2. The second-order valence-electron chi connectivity index (χ2n) is 7.21. The van der Waals surface area contributed by atoms with Crippen LogP contribution in [0.15, 0.2) is 18.2 Å². The highest BCUT2D eigenvalue weighted by atomic mass is 16.2. The Hall–Kier alpha value is -1.84. The molecule has 23 heavy (non-hydrogen) atoms. The van der Waals surface area contributed by atoms with Gasteiger partial charge in [-0.2, -0.15) is 0 Å². The number of benzene rings is 1. The van der Waals surface area contributed by atoms with Crippen molar-refractivity contribution in [3.8, 4) is 0 Å². The largest absolute Gasteiger partial charge is 0.354 e. The van der Waals surface area contributed by atoms with Gasteiger partial charge in [0, 0.05) is 18.7 Å². The molecule has 1 aromatic rings. The fourth-order valence-electron chi connectivity index (χ4n) is 3.02. The molecule has 4 heteroatoms. The van der Waals surface area contributed by atoms with Crippen LogP contribution < -0.4 is 10.2 Å². The summed E-state index contributed by atoms with van der Waals surface area (Å²) in [5.41, 5.74) is 2.33. The van der Waals surface area contributed by atoms with Crippen molar-refractivity contribution in [2.24, 2.45) is 5.92 Å². The molecule has 1 fully saturated rings. The van der Waals surface area contributed by atoms with Crippen molar-refractivity contribution < 1.29 is 9.59 Å². The number of amides is 2. The molecule has 0 radical (unpaired) electrons. The van der Waals surface area contributed by atoms with Gasteiger partial charge >= 0.3 is 0 Å². The van der Waals surface area contributed by atoms with Crippen molar-refractivity contribution in [2.75, 3.05) is 11.4 Å². The molecule has 0 saturated carbocycles. The molecule has 1 heterocycles. The topological polar surface area (TPSA) is 49.4 Å². The first kappa shape index (κ1) is 17.5. The maximum absolute atomic E-state index is 12.7. The van der Waals surface area contributed by atoms with Gasteiger partial charge in [0.25, 0.3) is 0 Å². The van der Waals surface area contributed by atoms with Gasteiger partial charge in [0.15, 0.2) is 0 Å². The predicted octanol–water partition coefficient (Wildman–Crippen LogP) is 3.35. The molecular formula is C19H28N2O2. The summed E-state index contributed by atoms with van der Waals surface area (Å²) in [6.45, 7) is 10.9. The molecule has 0 aliphatic carbocycles. The van der Waals surface area contributed by atoms with Gasteiger partial charge in [-0.1, -0.05) is 19.9 Å². The zero-order valence-electron chi connectivity index (χ0n) is 14.9. The monoisotopic (exact) mass is 316 g/mol. The molecule has 1 aromatic carbocycles. The highest BCUT2D eigenvalue weighted by molar-refractivity contribution is 6.06. The molecule has 4 nitrogen and oxygen atoms in total. The number of nitrogens with one attached hydrogen (secondary N) is 1. The standard InChI is InChI=1S/C19H28N2O2/c1-13(2)9-11-20-18(23)19(5)10-8-17(22)21(19)16-7-6-14(3)15(4)12-16/h6-7,12-13H,8-11H2,1-5H3,(H,20,23). The SMILES string of the molecule is Cc1ccc(N2C(=O)CCC2(C)C(=O)NCCC(C)C)cc1C. The van der Waals surface area contributed by atoms with Crippen LogP contribution in [0.1, 0.15) is 51.2 Å². The van der Waals surface area contributed by atoms with Gasteiger partial charge in [0.1, 0.15) is 5.54 Å². The zero-order chi connectivity index (χ0) is 17.2. The second-order valence-corrected chi connectivity index (χ2v) is 7.21. The first-order valence-electron chi connectivity index (χ1n) is 8.44. The molecule has 2 amide bonds. The molecule has 1 saturated heterocycles. The summed E-state index contributed by atoms with van der Waals surface area (Å²) in [7, 11) is 0. The zero-order valence-corrected chi connectivity index (χ0v) is 14.9. The van der Waals surface area contributed by atoms with E-state index < -0.39 is 5.54 Å². The van der Waals surface area contributed by atoms with Gasteiger partial charge in [-0.3, -0.25) is 14.5 Å². The summed E-state index contributed by atoms with van der Waals surface area (Å²) < 4.78 is 0. The van der Waals surface area contributed by atoms with E-state index in [1.54, 1.807) is 4.90 Å². The van der Waals surface area contributed by atoms with Crippen LogP contribution in [0.4, 0.5) is 5.69 Å². The maximum atomic E-state index is 12.7. The third kappa shape index (κ3) is 3.57. The van der Waals surface area contributed by atoms with E-state index in [4.69, 9.17) is 0 Å². The minimum Gasteiger partial charge on any atom is -0.354 e. The van der Waals surface area contributed by atoms with Crippen LogP contribution in [-0.2, 0) is 9.59 Å². The highest BCUT2D eigenvalue weighted by Gasteiger charge is 2.48. The third-order valence-corrected chi connectivity index (χ3v) is 4.81. The molecule has 1 aliphatic rings.